The third-order valence-electron chi connectivity index (χ3n) is 2.46. The van der Waals surface area contributed by atoms with Crippen molar-refractivity contribution in [3.05, 3.63) is 42.7 Å². The molecule has 0 aliphatic heterocycles. The van der Waals surface area contributed by atoms with Crippen molar-refractivity contribution < 1.29 is 26.3 Å². The van der Waals surface area contributed by atoms with E-state index in [1.54, 1.807) is 0 Å². The predicted molar refractivity (Wildman–Crippen MR) is 67.7 cm³/mol. The Morgan fingerprint density at radius 2 is 1.67 bits per heavy atom. The molecule has 0 unspecified atom stereocenters. The highest BCUT2D eigenvalue weighted by molar-refractivity contribution is 7.89. The van der Waals surface area contributed by atoms with E-state index in [1.807, 2.05) is 0 Å². The number of hydrogen-bond acceptors (Lipinski definition) is 4. The van der Waals surface area contributed by atoms with Gasteiger partial charge in [0.1, 0.15) is 10.6 Å². The van der Waals surface area contributed by atoms with Gasteiger partial charge in [0.25, 0.3) is 0 Å². The first-order valence-electron chi connectivity index (χ1n) is 5.49. The van der Waals surface area contributed by atoms with Crippen LogP contribution in [0, 0.1) is 0 Å². The van der Waals surface area contributed by atoms with Crippen LogP contribution in [0.4, 0.5) is 13.2 Å². The average Bonchev–Trinajstić information content (AvgIpc) is 2.37. The van der Waals surface area contributed by atoms with E-state index in [1.165, 1.54) is 24.4 Å². The monoisotopic (exact) mass is 318 g/mol. The van der Waals surface area contributed by atoms with Crippen LogP contribution >= 0.6 is 0 Å². The summed E-state index contributed by atoms with van der Waals surface area (Å²) in [5.41, 5.74) is 0.877. The van der Waals surface area contributed by atoms with Gasteiger partial charge in [0.15, 0.2) is 0 Å². The number of halogens is 3. The fourth-order valence-corrected chi connectivity index (χ4v) is 2.08. The summed E-state index contributed by atoms with van der Waals surface area (Å²) in [5, 5.41) is 4.98. The summed E-state index contributed by atoms with van der Waals surface area (Å²) < 4.78 is 62.3. The lowest BCUT2D eigenvalue weighted by atomic mass is 10.1. The Bertz CT molecular complexity index is 743. The van der Waals surface area contributed by atoms with Gasteiger partial charge in [0, 0.05) is 18.0 Å². The maximum absolute atomic E-state index is 12.0. The molecular weight excluding hydrogens is 309 g/mol. The molecule has 2 rings (SSSR count). The van der Waals surface area contributed by atoms with Crippen LogP contribution in [-0.4, -0.2) is 19.8 Å². The van der Waals surface area contributed by atoms with Crippen molar-refractivity contribution in [1.82, 2.24) is 4.98 Å². The third kappa shape index (κ3) is 4.17. The zero-order chi connectivity index (χ0) is 15.7. The predicted octanol–water partition coefficient (Wildman–Crippen LogP) is 2.29. The number of sulfonamides is 1. The normalized spacial score (nSPS) is 12.2. The van der Waals surface area contributed by atoms with Crippen LogP contribution in [0.5, 0.6) is 5.75 Å². The summed E-state index contributed by atoms with van der Waals surface area (Å²) >= 11 is 0. The number of ether oxygens (including phenoxy) is 1. The zero-order valence-corrected chi connectivity index (χ0v) is 11.1. The SMILES string of the molecule is NS(=O)(=O)c1cncc(-c2ccc(OC(F)(F)F)cc2)c1. The standard InChI is InChI=1S/C12H9F3N2O3S/c13-12(14,15)20-10-3-1-8(2-4-10)9-5-11(7-17-6-9)21(16,18)19/h1-7H,(H2,16,18,19). The summed E-state index contributed by atoms with van der Waals surface area (Å²) in [5.74, 6) is -0.373. The number of primary sulfonamides is 1. The van der Waals surface area contributed by atoms with Crippen molar-refractivity contribution in [3.63, 3.8) is 0 Å². The molecule has 0 amide bonds. The largest absolute Gasteiger partial charge is 0.573 e. The highest BCUT2D eigenvalue weighted by Gasteiger charge is 2.30. The summed E-state index contributed by atoms with van der Waals surface area (Å²) in [4.78, 5) is 3.55. The van der Waals surface area contributed by atoms with Gasteiger partial charge in [-0.15, -0.1) is 13.2 Å². The summed E-state index contributed by atoms with van der Waals surface area (Å²) in [6.45, 7) is 0. The van der Waals surface area contributed by atoms with Gasteiger partial charge in [-0.25, -0.2) is 13.6 Å². The van der Waals surface area contributed by atoms with Crippen LogP contribution in [0.1, 0.15) is 0 Å². The lowest BCUT2D eigenvalue weighted by Gasteiger charge is -2.09. The van der Waals surface area contributed by atoms with E-state index in [4.69, 9.17) is 5.14 Å². The first kappa shape index (κ1) is 15.3. The minimum absolute atomic E-state index is 0.185. The Labute approximate surface area is 118 Å². The lowest BCUT2D eigenvalue weighted by Crippen LogP contribution is -2.16. The van der Waals surface area contributed by atoms with Crippen LogP contribution < -0.4 is 9.88 Å². The molecule has 0 saturated heterocycles. The number of hydrogen-bond donors (Lipinski definition) is 1. The van der Waals surface area contributed by atoms with Crippen LogP contribution in [0.25, 0.3) is 11.1 Å². The van der Waals surface area contributed by atoms with Crippen LogP contribution in [0.15, 0.2) is 47.6 Å². The minimum atomic E-state index is -4.77. The summed E-state index contributed by atoms with van der Waals surface area (Å²) in [7, 11) is -3.90. The molecule has 0 radical (unpaired) electrons. The highest BCUT2D eigenvalue weighted by Crippen LogP contribution is 2.26. The van der Waals surface area contributed by atoms with Crippen molar-refractivity contribution in [2.45, 2.75) is 11.3 Å². The van der Waals surface area contributed by atoms with Crippen molar-refractivity contribution >= 4 is 10.0 Å². The molecule has 0 bridgehead atoms. The molecule has 0 saturated carbocycles. The maximum atomic E-state index is 12.0. The maximum Gasteiger partial charge on any atom is 0.573 e. The topological polar surface area (TPSA) is 82.3 Å². The van der Waals surface area contributed by atoms with E-state index in [0.717, 1.165) is 18.3 Å². The molecule has 0 atom stereocenters. The van der Waals surface area contributed by atoms with Gasteiger partial charge >= 0.3 is 6.36 Å². The molecule has 1 aromatic heterocycles. The first-order valence-corrected chi connectivity index (χ1v) is 7.04. The number of nitrogens with two attached hydrogens (primary N) is 1. The van der Waals surface area contributed by atoms with Crippen LogP contribution in [-0.2, 0) is 10.0 Å². The zero-order valence-electron chi connectivity index (χ0n) is 10.3. The molecule has 5 nitrogen and oxygen atoms in total. The quantitative estimate of drug-likeness (QED) is 0.941. The molecule has 0 spiro atoms. The number of nitrogens with zero attached hydrogens (tertiary/aromatic N) is 1. The third-order valence-corrected chi connectivity index (χ3v) is 3.34. The van der Waals surface area contributed by atoms with Crippen molar-refractivity contribution in [1.29, 1.82) is 0 Å². The Kier molecular flexibility index (Phi) is 3.88. The molecule has 1 aromatic carbocycles. The van der Waals surface area contributed by atoms with E-state index >= 15 is 0 Å². The second kappa shape index (κ2) is 5.34. The van der Waals surface area contributed by atoms with Crippen molar-refractivity contribution in [2.75, 3.05) is 0 Å². The van der Waals surface area contributed by atoms with Gasteiger partial charge < -0.3 is 4.74 Å². The molecule has 2 aromatic rings. The van der Waals surface area contributed by atoms with Crippen molar-refractivity contribution in [3.8, 4) is 16.9 Å². The van der Waals surface area contributed by atoms with Gasteiger partial charge in [-0.05, 0) is 23.8 Å². The van der Waals surface area contributed by atoms with E-state index in [0.29, 0.717) is 11.1 Å². The number of benzene rings is 1. The average molecular weight is 318 g/mol. The summed E-state index contributed by atoms with van der Waals surface area (Å²) in [6.07, 6.45) is -2.31. The fourth-order valence-electron chi connectivity index (χ4n) is 1.58. The smallest absolute Gasteiger partial charge is 0.406 e. The van der Waals surface area contributed by atoms with Gasteiger partial charge in [-0.1, -0.05) is 12.1 Å². The second-order valence-electron chi connectivity index (χ2n) is 4.03. The Morgan fingerprint density at radius 1 is 1.05 bits per heavy atom. The second-order valence-corrected chi connectivity index (χ2v) is 5.59. The van der Waals surface area contributed by atoms with Gasteiger partial charge in [-0.3, -0.25) is 4.98 Å². The fraction of sp³-hybridized carbons (Fsp3) is 0.0833. The highest BCUT2D eigenvalue weighted by atomic mass is 32.2. The van der Waals surface area contributed by atoms with Gasteiger partial charge in [0.2, 0.25) is 10.0 Å². The molecule has 21 heavy (non-hydrogen) atoms. The Morgan fingerprint density at radius 3 is 2.19 bits per heavy atom. The Hall–Kier alpha value is -2.13. The van der Waals surface area contributed by atoms with Gasteiger partial charge in [-0.2, -0.15) is 0 Å². The van der Waals surface area contributed by atoms with Crippen molar-refractivity contribution in [2.24, 2.45) is 5.14 Å². The van der Waals surface area contributed by atoms with Gasteiger partial charge in [0.05, 0.1) is 0 Å². The molecule has 2 N–H and O–H groups in total. The molecule has 0 aliphatic rings. The lowest BCUT2D eigenvalue weighted by molar-refractivity contribution is -0.274. The van der Waals surface area contributed by atoms with E-state index in [2.05, 4.69) is 9.72 Å². The molecular formula is C12H9F3N2O3S. The van der Waals surface area contributed by atoms with Crippen LogP contribution in [0.2, 0.25) is 0 Å². The van der Waals surface area contributed by atoms with E-state index in [9.17, 15) is 21.6 Å². The number of pyridine rings is 1. The molecule has 0 fully saturated rings. The summed E-state index contributed by atoms with van der Waals surface area (Å²) in [6, 6.07) is 6.22. The molecule has 0 aliphatic carbocycles. The van der Waals surface area contributed by atoms with E-state index < -0.39 is 16.4 Å². The Balaban J connectivity index is 2.31. The molecule has 1 heterocycles. The molecule has 112 valence electrons. The van der Waals surface area contributed by atoms with Crippen LogP contribution in [0.3, 0.4) is 0 Å². The number of aromatic nitrogens is 1. The van der Waals surface area contributed by atoms with E-state index in [-0.39, 0.29) is 10.6 Å². The molecule has 9 heteroatoms. The first-order chi connectivity index (χ1) is 9.65. The number of alkyl halides is 3. The number of rotatable bonds is 3. The minimum Gasteiger partial charge on any atom is -0.406 e.